The third-order valence-electron chi connectivity index (χ3n) is 2.07. The van der Waals surface area contributed by atoms with Gasteiger partial charge in [-0.05, 0) is 6.92 Å². The van der Waals surface area contributed by atoms with Crippen LogP contribution in [0.15, 0.2) is 4.99 Å². The van der Waals surface area contributed by atoms with Crippen LogP contribution >= 0.6 is 0 Å². The summed E-state index contributed by atoms with van der Waals surface area (Å²) in [5, 5.41) is 5.27. The molecule has 4 N–H and O–H groups in total. The van der Waals surface area contributed by atoms with Crippen LogP contribution in [0.4, 0.5) is 0 Å². The maximum Gasteiger partial charge on any atom is 0.233 e. The molecule has 0 radical (unpaired) electrons. The highest BCUT2D eigenvalue weighted by Crippen LogP contribution is 1.95. The Balaban J connectivity index is 3.72. The molecule has 0 rings (SSSR count). The molecule has 0 spiro atoms. The van der Waals surface area contributed by atoms with Gasteiger partial charge in [0.15, 0.2) is 5.90 Å². The molecule has 0 saturated carbocycles. The maximum absolute atomic E-state index is 11.2. The average molecular weight is 258 g/mol. The summed E-state index contributed by atoms with van der Waals surface area (Å²) in [5.41, 5.74) is 5.13. The van der Waals surface area contributed by atoms with E-state index in [0.29, 0.717) is 38.4 Å². The lowest BCUT2D eigenvalue weighted by atomic mass is 10.3. The van der Waals surface area contributed by atoms with E-state index in [1.807, 2.05) is 6.92 Å². The molecule has 0 aliphatic heterocycles. The molecule has 0 aliphatic rings. The van der Waals surface area contributed by atoms with E-state index in [4.69, 9.17) is 10.5 Å². The number of rotatable bonds is 8. The van der Waals surface area contributed by atoms with Gasteiger partial charge in [-0.3, -0.25) is 14.6 Å². The van der Waals surface area contributed by atoms with Crippen molar-refractivity contribution in [3.05, 3.63) is 0 Å². The van der Waals surface area contributed by atoms with Crippen LogP contribution < -0.4 is 16.4 Å². The third-order valence-corrected chi connectivity index (χ3v) is 2.07. The first-order valence-corrected chi connectivity index (χ1v) is 5.95. The van der Waals surface area contributed by atoms with E-state index >= 15 is 0 Å². The minimum atomic E-state index is -0.226. The van der Waals surface area contributed by atoms with Crippen LogP contribution in [0.3, 0.4) is 0 Å². The van der Waals surface area contributed by atoms with Crippen molar-refractivity contribution in [2.45, 2.75) is 19.8 Å². The number of ether oxygens (including phenoxy) is 1. The summed E-state index contributed by atoms with van der Waals surface area (Å²) in [5.74, 6) is 0.248. The predicted octanol–water partition coefficient (Wildman–Crippen LogP) is -0.977. The maximum atomic E-state index is 11.2. The smallest absolute Gasteiger partial charge is 0.233 e. The topological polar surface area (TPSA) is 106 Å². The zero-order chi connectivity index (χ0) is 13.8. The Kier molecular flexibility index (Phi) is 9.57. The minimum Gasteiger partial charge on any atom is -0.479 e. The number of amides is 2. The van der Waals surface area contributed by atoms with Crippen LogP contribution in [0.1, 0.15) is 19.8 Å². The highest BCUT2D eigenvalue weighted by molar-refractivity contribution is 5.83. The molecule has 7 heteroatoms. The molecular weight excluding hydrogens is 236 g/mol. The second-order valence-corrected chi connectivity index (χ2v) is 3.47. The molecule has 0 saturated heterocycles. The van der Waals surface area contributed by atoms with Gasteiger partial charge in [-0.1, -0.05) is 0 Å². The van der Waals surface area contributed by atoms with Crippen LogP contribution in [-0.4, -0.2) is 51.0 Å². The number of aliphatic imine (C=N–C) groups is 1. The fourth-order valence-electron chi connectivity index (χ4n) is 1.19. The Morgan fingerprint density at radius 3 is 2.50 bits per heavy atom. The summed E-state index contributed by atoms with van der Waals surface area (Å²) in [4.78, 5) is 26.0. The van der Waals surface area contributed by atoms with Crippen LogP contribution in [-0.2, 0) is 14.3 Å². The second-order valence-electron chi connectivity index (χ2n) is 3.47. The molecule has 2 amide bonds. The Morgan fingerprint density at radius 1 is 1.22 bits per heavy atom. The zero-order valence-corrected chi connectivity index (χ0v) is 11.0. The number of nitrogens with zero attached hydrogens (tertiary/aromatic N) is 1. The Labute approximate surface area is 107 Å². The molecule has 18 heavy (non-hydrogen) atoms. The van der Waals surface area contributed by atoms with Crippen molar-refractivity contribution < 1.29 is 14.3 Å². The number of carbonyl (C=O) groups excluding carboxylic acids is 2. The zero-order valence-electron chi connectivity index (χ0n) is 11.0. The van der Waals surface area contributed by atoms with E-state index in [2.05, 4.69) is 15.6 Å². The first-order chi connectivity index (χ1) is 8.63. The molecule has 0 aliphatic carbocycles. The molecule has 0 unspecified atom stereocenters. The van der Waals surface area contributed by atoms with E-state index < -0.39 is 0 Å². The molecule has 0 aromatic rings. The SMILES string of the molecule is CCNC(=O)CCC(=NC)OCCNC(=O)CN. The number of hydrogen-bond donors (Lipinski definition) is 3. The van der Waals surface area contributed by atoms with Crippen LogP contribution in [0.25, 0.3) is 0 Å². The number of nitrogens with two attached hydrogens (primary N) is 1. The van der Waals surface area contributed by atoms with Crippen molar-refractivity contribution in [2.24, 2.45) is 10.7 Å². The number of carbonyl (C=O) groups is 2. The van der Waals surface area contributed by atoms with Crippen LogP contribution in [0.2, 0.25) is 0 Å². The summed E-state index contributed by atoms with van der Waals surface area (Å²) >= 11 is 0. The summed E-state index contributed by atoms with van der Waals surface area (Å²) < 4.78 is 5.33. The number of hydrogen-bond acceptors (Lipinski definition) is 5. The molecular formula is C11H22N4O3. The molecule has 7 nitrogen and oxygen atoms in total. The lowest BCUT2D eigenvalue weighted by molar-refractivity contribution is -0.121. The lowest BCUT2D eigenvalue weighted by Gasteiger charge is -2.09. The minimum absolute atomic E-state index is 0.0290. The van der Waals surface area contributed by atoms with Gasteiger partial charge in [0, 0.05) is 26.4 Å². The number of nitrogens with one attached hydrogen (secondary N) is 2. The van der Waals surface area contributed by atoms with Gasteiger partial charge in [0.1, 0.15) is 6.61 Å². The van der Waals surface area contributed by atoms with Crippen molar-refractivity contribution in [2.75, 3.05) is 33.3 Å². The van der Waals surface area contributed by atoms with Crippen molar-refractivity contribution in [3.8, 4) is 0 Å². The van der Waals surface area contributed by atoms with E-state index in [9.17, 15) is 9.59 Å². The first-order valence-electron chi connectivity index (χ1n) is 5.95. The standard InChI is InChI=1S/C11H22N4O3/c1-3-14-9(16)4-5-11(13-2)18-7-6-15-10(17)8-12/h3-8,12H2,1-2H3,(H,14,16)(H,15,17). The summed E-state index contributed by atoms with van der Waals surface area (Å²) in [7, 11) is 1.60. The third kappa shape index (κ3) is 8.51. The highest BCUT2D eigenvalue weighted by atomic mass is 16.5. The van der Waals surface area contributed by atoms with Gasteiger partial charge in [-0.15, -0.1) is 0 Å². The van der Waals surface area contributed by atoms with E-state index in [1.165, 1.54) is 0 Å². The van der Waals surface area contributed by atoms with Gasteiger partial charge in [-0.25, -0.2) is 0 Å². The van der Waals surface area contributed by atoms with E-state index in [0.717, 1.165) is 0 Å². The van der Waals surface area contributed by atoms with Gasteiger partial charge in [-0.2, -0.15) is 0 Å². The Morgan fingerprint density at radius 2 is 1.94 bits per heavy atom. The molecule has 0 atom stereocenters. The van der Waals surface area contributed by atoms with Crippen LogP contribution in [0, 0.1) is 0 Å². The van der Waals surface area contributed by atoms with Gasteiger partial charge in [0.25, 0.3) is 0 Å². The van der Waals surface area contributed by atoms with Gasteiger partial charge < -0.3 is 21.1 Å². The molecule has 0 heterocycles. The fraction of sp³-hybridized carbons (Fsp3) is 0.727. The first kappa shape index (κ1) is 16.4. The average Bonchev–Trinajstić information content (AvgIpc) is 2.37. The summed E-state index contributed by atoms with van der Waals surface area (Å²) in [6.45, 7) is 3.13. The Hall–Kier alpha value is -1.63. The van der Waals surface area contributed by atoms with Crippen molar-refractivity contribution in [1.82, 2.24) is 10.6 Å². The molecule has 0 bridgehead atoms. The Bertz CT molecular complexity index is 292. The van der Waals surface area contributed by atoms with Gasteiger partial charge in [0.05, 0.1) is 13.1 Å². The quantitative estimate of drug-likeness (QED) is 0.295. The van der Waals surface area contributed by atoms with Gasteiger partial charge in [0.2, 0.25) is 11.8 Å². The van der Waals surface area contributed by atoms with Crippen molar-refractivity contribution in [1.29, 1.82) is 0 Å². The van der Waals surface area contributed by atoms with Crippen molar-refractivity contribution >= 4 is 17.7 Å². The fourth-order valence-corrected chi connectivity index (χ4v) is 1.19. The van der Waals surface area contributed by atoms with E-state index in [-0.39, 0.29) is 18.4 Å². The largest absolute Gasteiger partial charge is 0.479 e. The molecule has 104 valence electrons. The summed E-state index contributed by atoms with van der Waals surface area (Å²) in [6.07, 6.45) is 0.794. The predicted molar refractivity (Wildman–Crippen MR) is 69.3 cm³/mol. The lowest BCUT2D eigenvalue weighted by Crippen LogP contribution is -2.33. The normalized spacial score (nSPS) is 10.9. The molecule has 0 aromatic carbocycles. The molecule has 0 fully saturated rings. The van der Waals surface area contributed by atoms with Crippen LogP contribution in [0.5, 0.6) is 0 Å². The van der Waals surface area contributed by atoms with E-state index in [1.54, 1.807) is 7.05 Å². The van der Waals surface area contributed by atoms with Crippen molar-refractivity contribution in [3.63, 3.8) is 0 Å². The van der Waals surface area contributed by atoms with Gasteiger partial charge >= 0.3 is 0 Å². The highest BCUT2D eigenvalue weighted by Gasteiger charge is 2.05. The molecule has 0 aromatic heterocycles. The summed E-state index contributed by atoms with van der Waals surface area (Å²) in [6, 6.07) is 0. The second kappa shape index (κ2) is 10.5. The monoisotopic (exact) mass is 258 g/mol.